The quantitative estimate of drug-likeness (QED) is 0.794. The van der Waals surface area contributed by atoms with Crippen molar-refractivity contribution in [3.63, 3.8) is 0 Å². The average molecular weight is 287 g/mol. The number of hydrogen-bond acceptors (Lipinski definition) is 1. The normalized spacial score (nSPS) is 23.3. The molecule has 0 heterocycles. The van der Waals surface area contributed by atoms with Gasteiger partial charge in [0, 0.05) is 12.6 Å². The minimum atomic E-state index is 0.413. The maximum absolute atomic E-state index is 3.88. The Morgan fingerprint density at radius 2 is 1.57 bits per heavy atom. The summed E-state index contributed by atoms with van der Waals surface area (Å²) in [6.07, 6.45) is 5.51. The highest BCUT2D eigenvalue weighted by Gasteiger charge is 2.33. The highest BCUT2D eigenvalue weighted by Crippen LogP contribution is 2.38. The second kappa shape index (κ2) is 6.52. The van der Waals surface area contributed by atoms with E-state index in [0.717, 1.165) is 12.5 Å². The van der Waals surface area contributed by atoms with Gasteiger partial charge in [-0.3, -0.25) is 0 Å². The molecule has 1 aromatic carbocycles. The van der Waals surface area contributed by atoms with E-state index < -0.39 is 0 Å². The van der Waals surface area contributed by atoms with Gasteiger partial charge in [-0.25, -0.2) is 0 Å². The molecular formula is C20H33N. The molecule has 1 fully saturated rings. The number of hydrogen-bond donors (Lipinski definition) is 1. The van der Waals surface area contributed by atoms with Gasteiger partial charge in [-0.15, -0.1) is 0 Å². The summed E-state index contributed by atoms with van der Waals surface area (Å²) in [6, 6.07) is 5.38. The fourth-order valence-electron chi connectivity index (χ4n) is 3.86. The van der Waals surface area contributed by atoms with Crippen LogP contribution in [0.5, 0.6) is 0 Å². The Hall–Kier alpha value is -0.820. The van der Waals surface area contributed by atoms with E-state index in [1.54, 1.807) is 0 Å². The highest BCUT2D eigenvalue weighted by atomic mass is 14.9. The van der Waals surface area contributed by atoms with Gasteiger partial charge in [0.1, 0.15) is 0 Å². The van der Waals surface area contributed by atoms with Crippen molar-refractivity contribution in [3.05, 3.63) is 34.4 Å². The predicted molar refractivity (Wildman–Crippen MR) is 92.7 cm³/mol. The molecule has 2 unspecified atom stereocenters. The van der Waals surface area contributed by atoms with Crippen LogP contribution in [0, 0.1) is 32.1 Å². The second-order valence-corrected chi connectivity index (χ2v) is 8.11. The van der Waals surface area contributed by atoms with Gasteiger partial charge >= 0.3 is 0 Å². The van der Waals surface area contributed by atoms with E-state index in [0.29, 0.717) is 11.5 Å². The van der Waals surface area contributed by atoms with Gasteiger partial charge in [0.05, 0.1) is 0 Å². The Labute approximate surface area is 131 Å². The van der Waals surface area contributed by atoms with Gasteiger partial charge in [-0.05, 0) is 67.2 Å². The molecule has 0 radical (unpaired) electrons. The van der Waals surface area contributed by atoms with Crippen LogP contribution >= 0.6 is 0 Å². The van der Waals surface area contributed by atoms with Crippen LogP contribution in [0.15, 0.2) is 12.1 Å². The number of rotatable bonds is 3. The third-order valence-corrected chi connectivity index (χ3v) is 5.39. The van der Waals surface area contributed by atoms with Gasteiger partial charge in [0.2, 0.25) is 0 Å². The molecule has 1 saturated carbocycles. The zero-order chi connectivity index (χ0) is 15.6. The monoisotopic (exact) mass is 287 g/mol. The molecule has 2 atom stereocenters. The van der Waals surface area contributed by atoms with Gasteiger partial charge < -0.3 is 5.32 Å². The maximum Gasteiger partial charge on any atom is 0.0210 e. The van der Waals surface area contributed by atoms with E-state index in [1.807, 2.05) is 0 Å². The van der Waals surface area contributed by atoms with Crippen LogP contribution in [0.3, 0.4) is 0 Å². The zero-order valence-corrected chi connectivity index (χ0v) is 14.8. The minimum absolute atomic E-state index is 0.413. The van der Waals surface area contributed by atoms with Crippen molar-refractivity contribution in [1.29, 1.82) is 0 Å². The van der Waals surface area contributed by atoms with Crippen molar-refractivity contribution in [1.82, 2.24) is 5.32 Å². The first-order valence-corrected chi connectivity index (χ1v) is 8.59. The van der Waals surface area contributed by atoms with E-state index >= 15 is 0 Å². The lowest BCUT2D eigenvalue weighted by Crippen LogP contribution is -2.44. The molecular weight excluding hydrogens is 254 g/mol. The van der Waals surface area contributed by atoms with E-state index in [4.69, 9.17) is 0 Å². The van der Waals surface area contributed by atoms with Gasteiger partial charge in [-0.2, -0.15) is 0 Å². The molecule has 0 aliphatic heterocycles. The number of benzene rings is 1. The Morgan fingerprint density at radius 1 is 0.952 bits per heavy atom. The summed E-state index contributed by atoms with van der Waals surface area (Å²) in [4.78, 5) is 0. The lowest BCUT2D eigenvalue weighted by atomic mass is 9.69. The standard InChI is InChI=1S/C20H33N/c1-14-11-16(3)17(12-15(14)2)13-21-19-10-8-7-9-18(19)20(4,5)6/h11-12,18-19,21H,7-10,13H2,1-6H3. The smallest absolute Gasteiger partial charge is 0.0210 e. The summed E-state index contributed by atoms with van der Waals surface area (Å²) in [5, 5.41) is 3.88. The van der Waals surface area contributed by atoms with Crippen LogP contribution in [-0.2, 0) is 6.54 Å². The lowest BCUT2D eigenvalue weighted by Gasteiger charge is -2.41. The molecule has 1 N–H and O–H groups in total. The van der Waals surface area contributed by atoms with Crippen LogP contribution in [0.25, 0.3) is 0 Å². The van der Waals surface area contributed by atoms with Crippen LogP contribution < -0.4 is 5.32 Å². The molecule has 0 bridgehead atoms. The van der Waals surface area contributed by atoms with Gasteiger partial charge in [-0.1, -0.05) is 45.7 Å². The molecule has 0 spiro atoms. The summed E-state index contributed by atoms with van der Waals surface area (Å²) in [6.45, 7) is 14.9. The first-order chi connectivity index (χ1) is 9.79. The molecule has 2 rings (SSSR count). The zero-order valence-electron chi connectivity index (χ0n) is 14.8. The Kier molecular flexibility index (Phi) is 5.14. The Bertz CT molecular complexity index is 481. The molecule has 1 aromatic rings. The molecule has 118 valence electrons. The number of aryl methyl sites for hydroxylation is 3. The summed E-state index contributed by atoms with van der Waals surface area (Å²) in [5.41, 5.74) is 6.12. The van der Waals surface area contributed by atoms with Crippen LogP contribution in [0.1, 0.15) is 68.7 Å². The van der Waals surface area contributed by atoms with Crippen molar-refractivity contribution in [3.8, 4) is 0 Å². The molecule has 1 nitrogen and oxygen atoms in total. The fourth-order valence-corrected chi connectivity index (χ4v) is 3.86. The molecule has 0 amide bonds. The topological polar surface area (TPSA) is 12.0 Å². The molecule has 0 saturated heterocycles. The molecule has 0 aromatic heterocycles. The van der Waals surface area contributed by atoms with E-state index in [9.17, 15) is 0 Å². The number of nitrogens with one attached hydrogen (secondary N) is 1. The lowest BCUT2D eigenvalue weighted by molar-refractivity contribution is 0.130. The molecule has 1 aliphatic rings. The van der Waals surface area contributed by atoms with Crippen LogP contribution in [-0.4, -0.2) is 6.04 Å². The third kappa shape index (κ3) is 4.10. The summed E-state index contributed by atoms with van der Waals surface area (Å²) >= 11 is 0. The van der Waals surface area contributed by atoms with Crippen molar-refractivity contribution in [2.75, 3.05) is 0 Å². The van der Waals surface area contributed by atoms with Crippen LogP contribution in [0.2, 0.25) is 0 Å². The first kappa shape index (κ1) is 16.5. The SMILES string of the molecule is Cc1cc(C)c(CNC2CCCCC2C(C)(C)C)cc1C. The third-order valence-electron chi connectivity index (χ3n) is 5.39. The van der Waals surface area contributed by atoms with Crippen molar-refractivity contribution in [2.24, 2.45) is 11.3 Å². The summed E-state index contributed by atoms with van der Waals surface area (Å²) < 4.78 is 0. The van der Waals surface area contributed by atoms with E-state index in [1.165, 1.54) is 47.9 Å². The van der Waals surface area contributed by atoms with Crippen LogP contribution in [0.4, 0.5) is 0 Å². The van der Waals surface area contributed by atoms with Gasteiger partial charge in [0.15, 0.2) is 0 Å². The Morgan fingerprint density at radius 3 is 2.24 bits per heavy atom. The van der Waals surface area contributed by atoms with E-state index in [2.05, 4.69) is 59.0 Å². The minimum Gasteiger partial charge on any atom is -0.310 e. The molecule has 21 heavy (non-hydrogen) atoms. The predicted octanol–water partition coefficient (Wildman–Crippen LogP) is 5.31. The first-order valence-electron chi connectivity index (χ1n) is 8.59. The van der Waals surface area contributed by atoms with Crippen molar-refractivity contribution < 1.29 is 0 Å². The van der Waals surface area contributed by atoms with E-state index in [-0.39, 0.29) is 0 Å². The van der Waals surface area contributed by atoms with Crippen molar-refractivity contribution in [2.45, 2.75) is 79.8 Å². The molecule has 1 aliphatic carbocycles. The fraction of sp³-hybridized carbons (Fsp3) is 0.700. The molecule has 1 heteroatoms. The maximum atomic E-state index is 3.88. The largest absolute Gasteiger partial charge is 0.310 e. The van der Waals surface area contributed by atoms with Crippen molar-refractivity contribution >= 4 is 0 Å². The highest BCUT2D eigenvalue weighted by molar-refractivity contribution is 5.36. The Balaban J connectivity index is 2.06. The summed E-state index contributed by atoms with van der Waals surface area (Å²) in [7, 11) is 0. The average Bonchev–Trinajstić information content (AvgIpc) is 2.41. The van der Waals surface area contributed by atoms with Gasteiger partial charge in [0.25, 0.3) is 0 Å². The summed E-state index contributed by atoms with van der Waals surface area (Å²) in [5.74, 6) is 0.804. The second-order valence-electron chi connectivity index (χ2n) is 8.11.